The smallest absolute Gasteiger partial charge is 0.242 e. The number of nitrogen functional groups attached to an aromatic ring is 1. The van der Waals surface area contributed by atoms with Crippen LogP contribution >= 0.6 is 0 Å². The minimum Gasteiger partial charge on any atom is -0.399 e. The van der Waals surface area contributed by atoms with Gasteiger partial charge in [-0.15, -0.1) is 0 Å². The van der Waals surface area contributed by atoms with Crippen LogP contribution in [0.1, 0.15) is 13.8 Å². The number of sulfonamides is 1. The highest BCUT2D eigenvalue weighted by molar-refractivity contribution is 7.89. The summed E-state index contributed by atoms with van der Waals surface area (Å²) in [5.41, 5.74) is 6.06. The maximum atomic E-state index is 11.6. The third-order valence-electron chi connectivity index (χ3n) is 2.43. The normalized spacial score (nSPS) is 12.8. The molecule has 0 spiro atoms. The summed E-state index contributed by atoms with van der Waals surface area (Å²) in [6.07, 6.45) is 0. The molecule has 1 aromatic carbocycles. The van der Waals surface area contributed by atoms with Crippen LogP contribution in [-0.4, -0.2) is 26.9 Å². The first-order valence-electron chi connectivity index (χ1n) is 5.72. The van der Waals surface area contributed by atoms with E-state index in [9.17, 15) is 13.2 Å². The number of likely N-dealkylation sites (N-methyl/N-ethyl adjacent to an activating group) is 1. The fourth-order valence-corrected chi connectivity index (χ4v) is 2.25. The second-order valence-electron chi connectivity index (χ2n) is 4.06. The van der Waals surface area contributed by atoms with Gasteiger partial charge in [-0.2, -0.15) is 0 Å². The molecule has 0 saturated carbocycles. The Bertz CT molecular complexity index is 571. The van der Waals surface area contributed by atoms with Crippen LogP contribution in [0.2, 0.25) is 0 Å². The average Bonchev–Trinajstić information content (AvgIpc) is 2.30. The first-order valence-corrected chi connectivity index (χ1v) is 7.27. The summed E-state index contributed by atoms with van der Waals surface area (Å²) in [5, 5.41) is 10.5. The number of benzene rings is 1. The minimum atomic E-state index is -3.91. The Labute approximate surface area is 112 Å². The van der Waals surface area contributed by atoms with Gasteiger partial charge >= 0.3 is 0 Å². The van der Waals surface area contributed by atoms with Gasteiger partial charge in [0.2, 0.25) is 15.9 Å². The standard InChI is InChI=1S/C11H18N4O3S/c1-3-14-11(16)7(2)15-9-5-4-8(12)6-10(9)19(13,17)18/h4-7,15H,3,12H2,1-2H3,(H,14,16)(H2,13,17,18). The minimum absolute atomic E-state index is 0.136. The zero-order chi connectivity index (χ0) is 14.6. The lowest BCUT2D eigenvalue weighted by atomic mass is 10.2. The third kappa shape index (κ3) is 4.11. The lowest BCUT2D eigenvalue weighted by Gasteiger charge is -2.17. The van der Waals surface area contributed by atoms with Gasteiger partial charge in [0, 0.05) is 12.2 Å². The molecule has 1 unspecified atom stereocenters. The molecular formula is C11H18N4O3S. The van der Waals surface area contributed by atoms with E-state index >= 15 is 0 Å². The Kier molecular flexibility index (Phi) is 4.73. The number of anilines is 2. The number of primary sulfonamides is 1. The number of hydrogen-bond donors (Lipinski definition) is 4. The third-order valence-corrected chi connectivity index (χ3v) is 3.38. The molecule has 1 atom stereocenters. The number of nitrogens with one attached hydrogen (secondary N) is 2. The van der Waals surface area contributed by atoms with Crippen LogP contribution in [0.3, 0.4) is 0 Å². The van der Waals surface area contributed by atoms with Crippen molar-refractivity contribution in [1.29, 1.82) is 0 Å². The predicted molar refractivity (Wildman–Crippen MR) is 74.0 cm³/mol. The van der Waals surface area contributed by atoms with Crippen molar-refractivity contribution in [3.05, 3.63) is 18.2 Å². The van der Waals surface area contributed by atoms with E-state index in [1.807, 2.05) is 0 Å². The molecule has 0 heterocycles. The van der Waals surface area contributed by atoms with Crippen LogP contribution in [0.5, 0.6) is 0 Å². The molecule has 0 aromatic heterocycles. The molecule has 0 aliphatic rings. The van der Waals surface area contributed by atoms with Crippen molar-refractivity contribution < 1.29 is 13.2 Å². The topological polar surface area (TPSA) is 127 Å². The fraction of sp³-hybridized carbons (Fsp3) is 0.364. The Hall–Kier alpha value is -1.80. The number of carbonyl (C=O) groups excluding carboxylic acids is 1. The number of amides is 1. The van der Waals surface area contributed by atoms with Crippen molar-refractivity contribution in [2.45, 2.75) is 24.8 Å². The van der Waals surface area contributed by atoms with Crippen molar-refractivity contribution >= 4 is 27.3 Å². The van der Waals surface area contributed by atoms with Gasteiger partial charge in [0.1, 0.15) is 10.9 Å². The highest BCUT2D eigenvalue weighted by Gasteiger charge is 2.18. The van der Waals surface area contributed by atoms with Gasteiger partial charge in [0.15, 0.2) is 0 Å². The number of hydrogen-bond acceptors (Lipinski definition) is 5. The Morgan fingerprint density at radius 3 is 2.58 bits per heavy atom. The van der Waals surface area contributed by atoms with E-state index in [4.69, 9.17) is 10.9 Å². The summed E-state index contributed by atoms with van der Waals surface area (Å²) in [6, 6.07) is 3.66. The summed E-state index contributed by atoms with van der Waals surface area (Å²) in [4.78, 5) is 11.5. The highest BCUT2D eigenvalue weighted by atomic mass is 32.2. The molecule has 7 nitrogen and oxygen atoms in total. The van der Waals surface area contributed by atoms with Gasteiger partial charge in [0.25, 0.3) is 0 Å². The van der Waals surface area contributed by atoms with Crippen molar-refractivity contribution in [2.24, 2.45) is 5.14 Å². The molecule has 8 heteroatoms. The molecule has 0 aliphatic heterocycles. The molecule has 1 rings (SSSR count). The zero-order valence-electron chi connectivity index (χ0n) is 10.8. The van der Waals surface area contributed by atoms with Gasteiger partial charge in [-0.1, -0.05) is 0 Å². The maximum absolute atomic E-state index is 11.6. The van der Waals surface area contributed by atoms with Crippen LogP contribution < -0.4 is 21.5 Å². The SMILES string of the molecule is CCNC(=O)C(C)Nc1ccc(N)cc1S(N)(=O)=O. The highest BCUT2D eigenvalue weighted by Crippen LogP contribution is 2.23. The fourth-order valence-electron chi connectivity index (χ4n) is 1.52. The monoisotopic (exact) mass is 286 g/mol. The second-order valence-corrected chi connectivity index (χ2v) is 5.59. The van der Waals surface area contributed by atoms with Gasteiger partial charge in [-0.3, -0.25) is 4.79 Å². The molecule has 0 radical (unpaired) electrons. The van der Waals surface area contributed by atoms with E-state index in [0.717, 1.165) is 0 Å². The van der Waals surface area contributed by atoms with E-state index in [-0.39, 0.29) is 22.2 Å². The summed E-state index contributed by atoms with van der Waals surface area (Å²) in [5.74, 6) is -0.236. The van der Waals surface area contributed by atoms with E-state index < -0.39 is 16.1 Å². The molecule has 0 fully saturated rings. The molecule has 0 saturated heterocycles. The Morgan fingerprint density at radius 2 is 2.05 bits per heavy atom. The summed E-state index contributed by atoms with van der Waals surface area (Å²) in [7, 11) is -3.91. The van der Waals surface area contributed by atoms with Gasteiger partial charge < -0.3 is 16.4 Å². The van der Waals surface area contributed by atoms with E-state index in [0.29, 0.717) is 6.54 Å². The maximum Gasteiger partial charge on any atom is 0.242 e. The zero-order valence-corrected chi connectivity index (χ0v) is 11.6. The van der Waals surface area contributed by atoms with Crippen molar-refractivity contribution in [3.8, 4) is 0 Å². The van der Waals surface area contributed by atoms with Gasteiger partial charge in [-0.25, -0.2) is 13.6 Å². The van der Waals surface area contributed by atoms with Gasteiger partial charge in [-0.05, 0) is 32.0 Å². The molecule has 0 aliphatic carbocycles. The average molecular weight is 286 g/mol. The molecule has 1 amide bonds. The summed E-state index contributed by atoms with van der Waals surface area (Å²) < 4.78 is 22.9. The van der Waals surface area contributed by atoms with Crippen molar-refractivity contribution in [1.82, 2.24) is 5.32 Å². The first kappa shape index (κ1) is 15.3. The lowest BCUT2D eigenvalue weighted by Crippen LogP contribution is -2.37. The van der Waals surface area contributed by atoms with E-state index in [1.165, 1.54) is 18.2 Å². The van der Waals surface area contributed by atoms with Crippen molar-refractivity contribution in [3.63, 3.8) is 0 Å². The predicted octanol–water partition coefficient (Wildman–Crippen LogP) is -0.147. The van der Waals surface area contributed by atoms with E-state index in [2.05, 4.69) is 10.6 Å². The summed E-state index contributed by atoms with van der Waals surface area (Å²) >= 11 is 0. The van der Waals surface area contributed by atoms with Crippen LogP contribution in [0.15, 0.2) is 23.1 Å². The molecule has 0 bridgehead atoms. The second kappa shape index (κ2) is 5.89. The number of rotatable bonds is 5. The molecule has 19 heavy (non-hydrogen) atoms. The number of nitrogens with two attached hydrogens (primary N) is 2. The molecule has 106 valence electrons. The van der Waals surface area contributed by atoms with Crippen LogP contribution in [-0.2, 0) is 14.8 Å². The van der Waals surface area contributed by atoms with E-state index in [1.54, 1.807) is 13.8 Å². The lowest BCUT2D eigenvalue weighted by molar-refractivity contribution is -0.121. The molecule has 6 N–H and O–H groups in total. The Morgan fingerprint density at radius 1 is 1.42 bits per heavy atom. The van der Waals surface area contributed by atoms with Crippen molar-refractivity contribution in [2.75, 3.05) is 17.6 Å². The van der Waals surface area contributed by atoms with Gasteiger partial charge in [0.05, 0.1) is 5.69 Å². The number of carbonyl (C=O) groups is 1. The molecule has 1 aromatic rings. The van der Waals surface area contributed by atoms with Crippen LogP contribution in [0, 0.1) is 0 Å². The largest absolute Gasteiger partial charge is 0.399 e. The van der Waals surface area contributed by atoms with Crippen LogP contribution in [0.25, 0.3) is 0 Å². The Balaban J connectivity index is 3.05. The van der Waals surface area contributed by atoms with Crippen LogP contribution in [0.4, 0.5) is 11.4 Å². The quantitative estimate of drug-likeness (QED) is 0.560. The first-order chi connectivity index (χ1) is 8.75. The molecular weight excluding hydrogens is 268 g/mol. The summed E-state index contributed by atoms with van der Waals surface area (Å²) in [6.45, 7) is 3.91.